The van der Waals surface area contributed by atoms with Crippen molar-refractivity contribution in [2.75, 3.05) is 0 Å². The van der Waals surface area contributed by atoms with E-state index in [1.54, 1.807) is 0 Å². The molecule has 1 aromatic carbocycles. The summed E-state index contributed by atoms with van der Waals surface area (Å²) in [5.41, 5.74) is 0. The number of carbonyl (C=O) groups excluding carboxylic acids is 1. The largest absolute Gasteiger partial charge is 1.00 e. The molecular formula is C7Cl5NaO3. The summed E-state index contributed by atoms with van der Waals surface area (Å²) in [7, 11) is 0. The number of carboxylic acid groups (broad SMARTS) is 1. The first-order chi connectivity index (χ1) is 6.86. The maximum absolute atomic E-state index is 10.2. The predicted molar refractivity (Wildman–Crippen MR) is 57.5 cm³/mol. The molecule has 1 rings (SSSR count). The number of rotatable bonds is 1. The first kappa shape index (κ1) is 16.9. The van der Waals surface area contributed by atoms with Crippen LogP contribution in [-0.2, 0) is 0 Å². The van der Waals surface area contributed by atoms with Crippen molar-refractivity contribution in [3.8, 4) is 5.75 Å². The number of halogens is 5. The Hall–Kier alpha value is 0.940. The van der Waals surface area contributed by atoms with Crippen molar-refractivity contribution in [2.45, 2.75) is 0 Å². The van der Waals surface area contributed by atoms with Gasteiger partial charge in [-0.3, -0.25) is 0 Å². The van der Waals surface area contributed by atoms with Gasteiger partial charge in [0.1, 0.15) is 0 Å². The first-order valence-electron chi connectivity index (χ1n) is 3.26. The van der Waals surface area contributed by atoms with E-state index in [1.165, 1.54) is 0 Å². The number of ether oxygens (including phenoxy) is 1. The molecule has 0 spiro atoms. The van der Waals surface area contributed by atoms with Gasteiger partial charge in [0.15, 0.2) is 0 Å². The van der Waals surface area contributed by atoms with Gasteiger partial charge in [0.05, 0.1) is 30.9 Å². The van der Waals surface area contributed by atoms with Crippen LogP contribution in [-0.4, -0.2) is 6.16 Å². The molecule has 0 bridgehead atoms. The second-order valence-electron chi connectivity index (χ2n) is 2.25. The molecule has 0 amide bonds. The zero-order chi connectivity index (χ0) is 11.7. The smallest absolute Gasteiger partial charge is 0.511 e. The molecule has 0 aliphatic carbocycles. The average Bonchev–Trinajstić information content (AvgIpc) is 2.18. The molecule has 0 aliphatic heterocycles. The molecule has 1 aromatic rings. The summed E-state index contributed by atoms with van der Waals surface area (Å²) < 4.78 is 4.21. The Balaban J connectivity index is 0.00000225. The molecule has 9 heteroatoms. The summed E-state index contributed by atoms with van der Waals surface area (Å²) >= 11 is 28.2. The van der Waals surface area contributed by atoms with E-state index in [0.29, 0.717) is 0 Å². The van der Waals surface area contributed by atoms with Gasteiger partial charge in [0.25, 0.3) is 6.16 Å². The van der Waals surface area contributed by atoms with Crippen molar-refractivity contribution in [2.24, 2.45) is 0 Å². The molecule has 0 saturated carbocycles. The summed E-state index contributed by atoms with van der Waals surface area (Å²) in [4.78, 5) is 10.2. The Bertz CT molecular complexity index is 408. The molecule has 0 atom stereocenters. The standard InChI is InChI=1S/C7HCl5O3.Na/c8-1-2(9)4(11)6(15-7(13)14)5(12)3(1)10;/h(H,13,14);/q;+1/p-1. The van der Waals surface area contributed by atoms with Crippen LogP contribution in [0.25, 0.3) is 0 Å². The van der Waals surface area contributed by atoms with Crippen molar-refractivity contribution in [1.82, 2.24) is 0 Å². The van der Waals surface area contributed by atoms with E-state index in [-0.39, 0.29) is 54.7 Å². The second-order valence-corrected chi connectivity index (χ2v) is 4.14. The van der Waals surface area contributed by atoms with Crippen LogP contribution in [0.2, 0.25) is 25.1 Å². The number of benzene rings is 1. The fraction of sp³-hybridized carbons (Fsp3) is 0. The van der Waals surface area contributed by atoms with Crippen LogP contribution in [0.3, 0.4) is 0 Å². The molecule has 0 unspecified atom stereocenters. The third-order valence-corrected chi connectivity index (χ3v) is 3.60. The zero-order valence-corrected chi connectivity index (χ0v) is 13.4. The minimum atomic E-state index is -1.84. The Labute approximate surface area is 138 Å². The van der Waals surface area contributed by atoms with Crippen molar-refractivity contribution >= 4 is 64.2 Å². The minimum Gasteiger partial charge on any atom is -0.511 e. The van der Waals surface area contributed by atoms with Crippen LogP contribution in [0, 0.1) is 0 Å². The Kier molecular flexibility index (Phi) is 7.16. The fourth-order valence-electron chi connectivity index (χ4n) is 0.758. The third kappa shape index (κ3) is 3.47. The predicted octanol–water partition coefficient (Wildman–Crippen LogP) is 0.680. The van der Waals surface area contributed by atoms with Gasteiger partial charge in [-0.15, -0.1) is 0 Å². The summed E-state index contributed by atoms with van der Waals surface area (Å²) in [6.07, 6.45) is -1.84. The summed E-state index contributed by atoms with van der Waals surface area (Å²) in [6.45, 7) is 0. The van der Waals surface area contributed by atoms with Gasteiger partial charge in [0, 0.05) is 0 Å². The van der Waals surface area contributed by atoms with E-state index in [0.717, 1.165) is 0 Å². The number of hydrogen-bond donors (Lipinski definition) is 0. The quantitative estimate of drug-likeness (QED) is 0.250. The zero-order valence-electron chi connectivity index (χ0n) is 7.61. The van der Waals surface area contributed by atoms with Crippen LogP contribution >= 0.6 is 58.0 Å². The van der Waals surface area contributed by atoms with Gasteiger partial charge < -0.3 is 14.6 Å². The minimum absolute atomic E-state index is 0. The molecule has 0 aliphatic rings. The molecular weight excluding hydrogens is 332 g/mol. The van der Waals surface area contributed by atoms with Gasteiger partial charge in [0.2, 0.25) is 0 Å². The average molecular weight is 332 g/mol. The maximum Gasteiger partial charge on any atom is 1.00 e. The molecule has 16 heavy (non-hydrogen) atoms. The molecule has 0 heterocycles. The van der Waals surface area contributed by atoms with E-state index in [1.807, 2.05) is 0 Å². The van der Waals surface area contributed by atoms with E-state index >= 15 is 0 Å². The van der Waals surface area contributed by atoms with Gasteiger partial charge in [-0.25, -0.2) is 0 Å². The third-order valence-electron chi connectivity index (χ3n) is 1.35. The summed E-state index contributed by atoms with van der Waals surface area (Å²) in [5, 5.41) is 9.33. The van der Waals surface area contributed by atoms with Crippen molar-refractivity contribution in [1.29, 1.82) is 0 Å². The molecule has 0 radical (unpaired) electrons. The monoisotopic (exact) mass is 330 g/mol. The molecule has 0 N–H and O–H groups in total. The first-order valence-corrected chi connectivity index (χ1v) is 5.15. The molecule has 0 aromatic heterocycles. The van der Waals surface area contributed by atoms with E-state index in [4.69, 9.17) is 58.0 Å². The summed E-state index contributed by atoms with van der Waals surface area (Å²) in [5.74, 6) is -0.405. The number of hydrogen-bond acceptors (Lipinski definition) is 3. The van der Waals surface area contributed by atoms with E-state index < -0.39 is 11.9 Å². The Morgan fingerprint density at radius 2 is 1.19 bits per heavy atom. The normalized spacial score (nSPS) is 9.56. The van der Waals surface area contributed by atoms with Gasteiger partial charge in [-0.2, -0.15) is 0 Å². The van der Waals surface area contributed by atoms with E-state index in [9.17, 15) is 9.90 Å². The van der Waals surface area contributed by atoms with Crippen molar-refractivity contribution < 1.29 is 44.2 Å². The van der Waals surface area contributed by atoms with E-state index in [2.05, 4.69) is 4.74 Å². The summed E-state index contributed by atoms with van der Waals surface area (Å²) in [6, 6.07) is 0. The Morgan fingerprint density at radius 1 is 0.875 bits per heavy atom. The van der Waals surface area contributed by atoms with Crippen molar-refractivity contribution in [3.05, 3.63) is 25.1 Å². The van der Waals surface area contributed by atoms with Gasteiger partial charge in [-0.1, -0.05) is 58.0 Å². The molecule has 82 valence electrons. The SMILES string of the molecule is O=C([O-])Oc1c(Cl)c(Cl)c(Cl)c(Cl)c1Cl.[Na+]. The molecule has 0 fully saturated rings. The number of carbonyl (C=O) groups is 1. The van der Waals surface area contributed by atoms with Crippen molar-refractivity contribution in [3.63, 3.8) is 0 Å². The van der Waals surface area contributed by atoms with Gasteiger partial charge in [-0.05, 0) is 0 Å². The van der Waals surface area contributed by atoms with Crippen LogP contribution in [0.5, 0.6) is 5.75 Å². The fourth-order valence-corrected chi connectivity index (χ4v) is 1.96. The van der Waals surface area contributed by atoms with Crippen LogP contribution < -0.4 is 39.4 Å². The second kappa shape index (κ2) is 6.76. The van der Waals surface area contributed by atoms with Gasteiger partial charge >= 0.3 is 29.6 Å². The topological polar surface area (TPSA) is 49.4 Å². The molecule has 3 nitrogen and oxygen atoms in total. The van der Waals surface area contributed by atoms with Crippen LogP contribution in [0.4, 0.5) is 4.79 Å². The molecule has 0 saturated heterocycles. The van der Waals surface area contributed by atoms with Crippen LogP contribution in [0.15, 0.2) is 0 Å². The Morgan fingerprint density at radius 3 is 1.50 bits per heavy atom. The maximum atomic E-state index is 10.2. The van der Waals surface area contributed by atoms with Crippen LogP contribution in [0.1, 0.15) is 0 Å².